The van der Waals surface area contributed by atoms with Crippen molar-refractivity contribution in [2.75, 3.05) is 31.1 Å². The van der Waals surface area contributed by atoms with Crippen LogP contribution in [0.25, 0.3) is 11.3 Å². The van der Waals surface area contributed by atoms with Crippen molar-refractivity contribution in [3.63, 3.8) is 0 Å². The first-order valence-corrected chi connectivity index (χ1v) is 12.5. The second-order valence-electron chi connectivity index (χ2n) is 6.87. The van der Waals surface area contributed by atoms with Crippen LogP contribution in [0.3, 0.4) is 0 Å². The highest BCUT2D eigenvalue weighted by Gasteiger charge is 2.30. The van der Waals surface area contributed by atoms with E-state index in [0.29, 0.717) is 51.9 Å². The van der Waals surface area contributed by atoms with Crippen molar-refractivity contribution in [3.05, 3.63) is 57.4 Å². The quantitative estimate of drug-likeness (QED) is 0.531. The van der Waals surface area contributed by atoms with Crippen molar-refractivity contribution in [2.24, 2.45) is 0 Å². The van der Waals surface area contributed by atoms with Gasteiger partial charge in [-0.25, -0.2) is 8.42 Å². The molecule has 4 rings (SSSR count). The molecule has 3 aromatic rings. The summed E-state index contributed by atoms with van der Waals surface area (Å²) in [6.07, 6.45) is 0.837. The molecule has 0 saturated carbocycles. The van der Waals surface area contributed by atoms with Gasteiger partial charge in [0.15, 0.2) is 5.82 Å². The minimum Gasteiger partial charge on any atom is -0.352 e. The molecule has 10 heteroatoms. The largest absolute Gasteiger partial charge is 0.352 e. The number of sulfonamides is 1. The van der Waals surface area contributed by atoms with Gasteiger partial charge in [0.1, 0.15) is 4.21 Å². The Morgan fingerprint density at radius 1 is 1.00 bits per heavy atom. The zero-order valence-electron chi connectivity index (χ0n) is 16.3. The molecule has 0 bridgehead atoms. The van der Waals surface area contributed by atoms with Gasteiger partial charge in [0.25, 0.3) is 10.0 Å². The van der Waals surface area contributed by atoms with E-state index in [1.165, 1.54) is 11.3 Å². The molecule has 1 aliphatic rings. The minimum atomic E-state index is -3.44. The smallest absolute Gasteiger partial charge is 0.252 e. The third-order valence-corrected chi connectivity index (χ3v) is 9.14. The highest BCUT2D eigenvalue weighted by atomic mass is 35.5. The lowest BCUT2D eigenvalue weighted by molar-refractivity contribution is 0.384. The summed E-state index contributed by atoms with van der Waals surface area (Å²) in [6, 6.07) is 12.6. The summed E-state index contributed by atoms with van der Waals surface area (Å²) in [4.78, 5) is 3.11. The van der Waals surface area contributed by atoms with Crippen LogP contribution in [0.5, 0.6) is 0 Å². The summed E-state index contributed by atoms with van der Waals surface area (Å²) in [5.74, 6) is 0.713. The third-order valence-electron chi connectivity index (χ3n) is 5.00. The SMILES string of the molecule is CCc1ccc(S(=O)(=O)N2CCN(c3ccc(-c4ccc(Cl)cc4Cl)nn3)CC2)s1. The zero-order chi connectivity index (χ0) is 21.3. The van der Waals surface area contributed by atoms with Gasteiger partial charge in [0, 0.05) is 41.6 Å². The predicted molar refractivity (Wildman–Crippen MR) is 122 cm³/mol. The van der Waals surface area contributed by atoms with E-state index in [2.05, 4.69) is 10.2 Å². The Kier molecular flexibility index (Phi) is 6.31. The molecule has 1 saturated heterocycles. The van der Waals surface area contributed by atoms with Gasteiger partial charge in [-0.05, 0) is 48.9 Å². The van der Waals surface area contributed by atoms with Gasteiger partial charge in [-0.2, -0.15) is 4.31 Å². The average Bonchev–Trinajstić information content (AvgIpc) is 3.24. The Morgan fingerprint density at radius 2 is 1.77 bits per heavy atom. The Labute approximate surface area is 190 Å². The first-order chi connectivity index (χ1) is 14.4. The maximum absolute atomic E-state index is 12.9. The molecule has 1 fully saturated rings. The number of thiophene rings is 1. The molecule has 6 nitrogen and oxygen atoms in total. The first kappa shape index (κ1) is 21.5. The van der Waals surface area contributed by atoms with Gasteiger partial charge in [-0.15, -0.1) is 21.5 Å². The Balaban J connectivity index is 1.44. The highest BCUT2D eigenvalue weighted by Crippen LogP contribution is 2.30. The van der Waals surface area contributed by atoms with E-state index in [0.717, 1.165) is 16.9 Å². The summed E-state index contributed by atoms with van der Waals surface area (Å²) in [7, 11) is -3.44. The number of benzene rings is 1. The van der Waals surface area contributed by atoms with Crippen LogP contribution in [0, 0.1) is 0 Å². The number of anilines is 1. The fraction of sp³-hybridized carbons (Fsp3) is 0.300. The number of halogens is 2. The van der Waals surface area contributed by atoms with E-state index >= 15 is 0 Å². The van der Waals surface area contributed by atoms with Crippen LogP contribution < -0.4 is 4.90 Å². The monoisotopic (exact) mass is 482 g/mol. The van der Waals surface area contributed by atoms with E-state index in [1.54, 1.807) is 22.5 Å². The van der Waals surface area contributed by atoms with Crippen molar-refractivity contribution in [2.45, 2.75) is 17.6 Å². The van der Waals surface area contributed by atoms with E-state index in [1.807, 2.05) is 36.1 Å². The molecule has 0 amide bonds. The maximum atomic E-state index is 12.9. The fourth-order valence-electron chi connectivity index (χ4n) is 3.31. The van der Waals surface area contributed by atoms with E-state index in [9.17, 15) is 8.42 Å². The molecule has 30 heavy (non-hydrogen) atoms. The van der Waals surface area contributed by atoms with Crippen LogP contribution in [0.1, 0.15) is 11.8 Å². The summed E-state index contributed by atoms with van der Waals surface area (Å²) >= 11 is 13.5. The van der Waals surface area contributed by atoms with Gasteiger partial charge in [0.05, 0.1) is 10.7 Å². The average molecular weight is 483 g/mol. The lowest BCUT2D eigenvalue weighted by atomic mass is 10.1. The fourth-order valence-corrected chi connectivity index (χ4v) is 6.68. The van der Waals surface area contributed by atoms with E-state index in [-0.39, 0.29) is 0 Å². The number of hydrogen-bond acceptors (Lipinski definition) is 6. The second-order valence-corrected chi connectivity index (χ2v) is 11.0. The highest BCUT2D eigenvalue weighted by molar-refractivity contribution is 7.91. The molecule has 0 radical (unpaired) electrons. The number of nitrogens with zero attached hydrogens (tertiary/aromatic N) is 4. The number of hydrogen-bond donors (Lipinski definition) is 0. The molecule has 1 aromatic carbocycles. The number of aromatic nitrogens is 2. The normalized spacial score (nSPS) is 15.5. The Hall–Kier alpha value is -1.71. The Bertz CT molecular complexity index is 1140. The molecule has 1 aliphatic heterocycles. The molecule has 0 atom stereocenters. The van der Waals surface area contributed by atoms with Crippen LogP contribution in [0.15, 0.2) is 46.7 Å². The summed E-state index contributed by atoms with van der Waals surface area (Å²) in [5.41, 5.74) is 1.42. The topological polar surface area (TPSA) is 66.4 Å². The molecule has 3 heterocycles. The number of piperazine rings is 1. The van der Waals surface area contributed by atoms with Crippen LogP contribution >= 0.6 is 34.5 Å². The van der Waals surface area contributed by atoms with Crippen LogP contribution in [-0.4, -0.2) is 49.1 Å². The van der Waals surface area contributed by atoms with Gasteiger partial charge < -0.3 is 4.90 Å². The molecule has 2 aromatic heterocycles. The summed E-state index contributed by atoms with van der Waals surface area (Å²) in [5, 5.41) is 9.69. The zero-order valence-corrected chi connectivity index (χ0v) is 19.4. The van der Waals surface area contributed by atoms with Crippen LogP contribution in [0.2, 0.25) is 10.0 Å². The van der Waals surface area contributed by atoms with Crippen molar-refractivity contribution in [1.82, 2.24) is 14.5 Å². The summed E-state index contributed by atoms with van der Waals surface area (Å²) in [6.45, 7) is 3.96. The Morgan fingerprint density at radius 3 is 2.37 bits per heavy atom. The maximum Gasteiger partial charge on any atom is 0.252 e. The molecule has 0 spiro atoms. The van der Waals surface area contributed by atoms with Crippen molar-refractivity contribution < 1.29 is 8.42 Å². The van der Waals surface area contributed by atoms with Crippen LogP contribution in [0.4, 0.5) is 5.82 Å². The number of rotatable bonds is 5. The lowest BCUT2D eigenvalue weighted by Crippen LogP contribution is -2.48. The molecule has 0 N–H and O–H groups in total. The minimum absolute atomic E-state index is 0.411. The molecular weight excluding hydrogens is 463 g/mol. The predicted octanol–water partition coefficient (Wildman–Crippen LogP) is 4.59. The standard InChI is InChI=1S/C20H20Cl2N4O2S2/c1-2-15-4-8-20(29-15)30(27,28)26-11-9-25(10-12-26)19-7-6-18(23-24-19)16-5-3-14(21)13-17(16)22/h3-8,13H,2,9-12H2,1H3. The summed E-state index contributed by atoms with van der Waals surface area (Å²) < 4.78 is 27.7. The first-order valence-electron chi connectivity index (χ1n) is 9.51. The van der Waals surface area contributed by atoms with Gasteiger partial charge in [-0.3, -0.25) is 0 Å². The van der Waals surface area contributed by atoms with Gasteiger partial charge in [0.2, 0.25) is 0 Å². The van der Waals surface area contributed by atoms with E-state index < -0.39 is 10.0 Å². The van der Waals surface area contributed by atoms with Crippen molar-refractivity contribution in [1.29, 1.82) is 0 Å². The van der Waals surface area contributed by atoms with Crippen molar-refractivity contribution >= 4 is 50.4 Å². The van der Waals surface area contributed by atoms with Crippen molar-refractivity contribution in [3.8, 4) is 11.3 Å². The second kappa shape index (κ2) is 8.80. The molecular formula is C20H20Cl2N4O2S2. The van der Waals surface area contributed by atoms with Gasteiger partial charge in [-0.1, -0.05) is 30.1 Å². The third kappa shape index (κ3) is 4.33. The van der Waals surface area contributed by atoms with Crippen LogP contribution in [-0.2, 0) is 16.4 Å². The molecule has 158 valence electrons. The number of aryl methyl sites for hydroxylation is 1. The lowest BCUT2D eigenvalue weighted by Gasteiger charge is -2.34. The molecule has 0 aliphatic carbocycles. The molecule has 0 unspecified atom stereocenters. The van der Waals surface area contributed by atoms with E-state index in [4.69, 9.17) is 23.2 Å². The van der Waals surface area contributed by atoms with Gasteiger partial charge >= 0.3 is 0 Å².